The van der Waals surface area contributed by atoms with Crippen molar-refractivity contribution in [3.05, 3.63) is 29.8 Å². The summed E-state index contributed by atoms with van der Waals surface area (Å²) in [6.45, 7) is 4.00. The number of hydrogen-bond donors (Lipinski definition) is 1. The molecule has 2 aliphatic rings. The normalized spacial score (nSPS) is 21.6. The van der Waals surface area contributed by atoms with E-state index in [0.29, 0.717) is 32.6 Å². The molecule has 3 rings (SSSR count). The lowest BCUT2D eigenvalue weighted by Crippen LogP contribution is -2.46. The van der Waals surface area contributed by atoms with Crippen molar-refractivity contribution in [1.82, 2.24) is 5.32 Å². The van der Waals surface area contributed by atoms with E-state index in [1.807, 2.05) is 24.3 Å². The molecule has 1 N–H and O–H groups in total. The molecule has 2 heterocycles. The molecule has 0 unspecified atom stereocenters. The molecular weight excluding hydrogens is 332 g/mol. The third-order valence-electron chi connectivity index (χ3n) is 5.24. The summed E-state index contributed by atoms with van der Waals surface area (Å²) in [7, 11) is 1.65. The first-order valence-electron chi connectivity index (χ1n) is 9.40. The molecule has 0 spiro atoms. The summed E-state index contributed by atoms with van der Waals surface area (Å²) in [5, 5.41) is 7.36. The molecule has 1 aromatic rings. The highest BCUT2D eigenvalue weighted by Crippen LogP contribution is 2.39. The van der Waals surface area contributed by atoms with Crippen molar-refractivity contribution in [2.75, 3.05) is 26.9 Å². The van der Waals surface area contributed by atoms with Gasteiger partial charge in [-0.1, -0.05) is 24.2 Å². The zero-order valence-electron chi connectivity index (χ0n) is 15.6. The van der Waals surface area contributed by atoms with Gasteiger partial charge in [0.05, 0.1) is 18.2 Å². The molecule has 26 heavy (non-hydrogen) atoms. The Balaban J connectivity index is 1.69. The van der Waals surface area contributed by atoms with Crippen LogP contribution in [0.15, 0.2) is 29.4 Å². The van der Waals surface area contributed by atoms with E-state index >= 15 is 0 Å². The molecule has 0 aromatic heterocycles. The zero-order valence-corrected chi connectivity index (χ0v) is 15.6. The number of oxime groups is 1. The van der Waals surface area contributed by atoms with Crippen LogP contribution in [0.5, 0.6) is 5.75 Å². The Morgan fingerprint density at radius 2 is 2.12 bits per heavy atom. The molecule has 0 aliphatic carbocycles. The van der Waals surface area contributed by atoms with Crippen LogP contribution in [0.4, 0.5) is 0 Å². The van der Waals surface area contributed by atoms with Crippen molar-refractivity contribution in [3.63, 3.8) is 0 Å². The first-order chi connectivity index (χ1) is 12.7. The van der Waals surface area contributed by atoms with Crippen molar-refractivity contribution in [2.45, 2.75) is 45.1 Å². The van der Waals surface area contributed by atoms with Gasteiger partial charge in [-0.3, -0.25) is 4.79 Å². The van der Waals surface area contributed by atoms with Crippen molar-refractivity contribution < 1.29 is 19.1 Å². The molecule has 6 heteroatoms. The maximum atomic E-state index is 12.8. The van der Waals surface area contributed by atoms with Crippen molar-refractivity contribution in [3.8, 4) is 5.75 Å². The number of nitrogens with one attached hydrogen (secondary N) is 1. The van der Waals surface area contributed by atoms with Crippen LogP contribution in [-0.4, -0.2) is 44.6 Å². The Morgan fingerprint density at radius 3 is 2.85 bits per heavy atom. The van der Waals surface area contributed by atoms with E-state index in [-0.39, 0.29) is 12.0 Å². The van der Waals surface area contributed by atoms with Gasteiger partial charge in [-0.2, -0.15) is 0 Å². The van der Waals surface area contributed by atoms with Gasteiger partial charge in [-0.25, -0.2) is 0 Å². The minimum Gasteiger partial charge on any atom is -0.496 e. The second-order valence-corrected chi connectivity index (χ2v) is 7.02. The molecule has 1 aromatic carbocycles. The lowest BCUT2D eigenvalue weighted by molar-refractivity contribution is -0.140. The van der Waals surface area contributed by atoms with E-state index < -0.39 is 5.41 Å². The second-order valence-electron chi connectivity index (χ2n) is 7.02. The second kappa shape index (κ2) is 8.54. The maximum Gasteiger partial charge on any atom is 0.226 e. The fourth-order valence-corrected chi connectivity index (χ4v) is 3.73. The molecule has 0 radical (unpaired) electrons. The number of para-hydroxylation sites is 1. The van der Waals surface area contributed by atoms with Crippen LogP contribution in [-0.2, 0) is 14.4 Å². The minimum atomic E-state index is -0.427. The molecule has 1 amide bonds. The predicted molar refractivity (Wildman–Crippen MR) is 99.4 cm³/mol. The zero-order chi connectivity index (χ0) is 18.4. The molecule has 142 valence electrons. The first kappa shape index (κ1) is 18.7. The Hall–Kier alpha value is -2.08. The molecule has 0 bridgehead atoms. The summed E-state index contributed by atoms with van der Waals surface area (Å²) in [5.74, 6) is 0.911. The summed E-state index contributed by atoms with van der Waals surface area (Å²) in [5.41, 5.74) is 1.40. The van der Waals surface area contributed by atoms with Gasteiger partial charge in [-0.05, 0) is 31.4 Å². The van der Waals surface area contributed by atoms with Crippen LogP contribution in [0.3, 0.4) is 0 Å². The summed E-state index contributed by atoms with van der Waals surface area (Å²) < 4.78 is 10.9. The number of nitrogens with zero attached hydrogens (tertiary/aromatic N) is 1. The summed E-state index contributed by atoms with van der Waals surface area (Å²) in [6.07, 6.45) is 3.64. The number of hydrogen-bond acceptors (Lipinski definition) is 5. The third kappa shape index (κ3) is 4.01. The van der Waals surface area contributed by atoms with E-state index in [0.717, 1.165) is 36.3 Å². The Labute approximate surface area is 154 Å². The first-order valence-corrected chi connectivity index (χ1v) is 9.40. The fraction of sp³-hybridized carbons (Fsp3) is 0.600. The van der Waals surface area contributed by atoms with E-state index in [1.54, 1.807) is 7.11 Å². The number of methoxy groups -OCH3 is 1. The molecule has 6 nitrogen and oxygen atoms in total. The summed E-state index contributed by atoms with van der Waals surface area (Å²) in [6, 6.07) is 7.81. The van der Waals surface area contributed by atoms with E-state index in [4.69, 9.17) is 14.3 Å². The molecule has 2 aliphatic heterocycles. The molecular formula is C20H28N2O4. The largest absolute Gasteiger partial charge is 0.496 e. The monoisotopic (exact) mass is 360 g/mol. The number of rotatable bonds is 7. The van der Waals surface area contributed by atoms with Crippen molar-refractivity contribution in [1.29, 1.82) is 0 Å². The number of benzene rings is 1. The maximum absolute atomic E-state index is 12.8. The van der Waals surface area contributed by atoms with Crippen LogP contribution in [0, 0.1) is 5.41 Å². The van der Waals surface area contributed by atoms with E-state index in [1.165, 1.54) is 0 Å². The number of amides is 1. The van der Waals surface area contributed by atoms with Gasteiger partial charge in [-0.15, -0.1) is 0 Å². The van der Waals surface area contributed by atoms with Gasteiger partial charge in [0.1, 0.15) is 11.9 Å². The highest BCUT2D eigenvalue weighted by Gasteiger charge is 2.43. The highest BCUT2D eigenvalue weighted by molar-refractivity contribution is 6.03. The average Bonchev–Trinajstić information content (AvgIpc) is 3.14. The molecule has 1 atom stereocenters. The van der Waals surface area contributed by atoms with Gasteiger partial charge < -0.3 is 19.6 Å². The number of carbonyl (C=O) groups excluding carboxylic acids is 1. The summed E-state index contributed by atoms with van der Waals surface area (Å²) in [4.78, 5) is 18.6. The van der Waals surface area contributed by atoms with Crippen LogP contribution in [0.2, 0.25) is 0 Å². The predicted octanol–water partition coefficient (Wildman–Crippen LogP) is 2.90. The van der Waals surface area contributed by atoms with Crippen molar-refractivity contribution >= 4 is 11.6 Å². The van der Waals surface area contributed by atoms with E-state index in [9.17, 15) is 4.79 Å². The fourth-order valence-electron chi connectivity index (χ4n) is 3.73. The topological polar surface area (TPSA) is 69.2 Å². The smallest absolute Gasteiger partial charge is 0.226 e. The van der Waals surface area contributed by atoms with Crippen LogP contribution >= 0.6 is 0 Å². The Bertz CT molecular complexity index is 653. The summed E-state index contributed by atoms with van der Waals surface area (Å²) >= 11 is 0. The minimum absolute atomic E-state index is 0.0969. The van der Waals surface area contributed by atoms with Gasteiger partial charge in [0.25, 0.3) is 0 Å². The van der Waals surface area contributed by atoms with Gasteiger partial charge in [0, 0.05) is 38.2 Å². The standard InChI is InChI=1S/C20H28N2O4/c1-3-10-21-19(23)20(8-11-25-12-9-20)14-15-13-17(22-26-15)16-6-4-5-7-18(16)24-2/h4-7,15H,3,8-14H2,1-2H3,(H,21,23)/t15-/m0/s1. The highest BCUT2D eigenvalue weighted by atomic mass is 16.6. The number of ether oxygens (including phenoxy) is 2. The van der Waals surface area contributed by atoms with E-state index in [2.05, 4.69) is 17.4 Å². The quantitative estimate of drug-likeness (QED) is 0.812. The van der Waals surface area contributed by atoms with Crippen molar-refractivity contribution in [2.24, 2.45) is 10.6 Å². The van der Waals surface area contributed by atoms with Crippen LogP contribution in [0.1, 0.15) is 44.6 Å². The third-order valence-corrected chi connectivity index (χ3v) is 5.24. The Morgan fingerprint density at radius 1 is 1.35 bits per heavy atom. The molecule has 1 saturated heterocycles. The lowest BCUT2D eigenvalue weighted by atomic mass is 9.74. The van der Waals surface area contributed by atoms with Gasteiger partial charge in [0.2, 0.25) is 5.91 Å². The Kier molecular flexibility index (Phi) is 6.14. The lowest BCUT2D eigenvalue weighted by Gasteiger charge is -2.36. The van der Waals surface area contributed by atoms with Gasteiger partial charge >= 0.3 is 0 Å². The number of carbonyl (C=O) groups is 1. The molecule has 1 fully saturated rings. The molecule has 0 saturated carbocycles. The SMILES string of the molecule is CCCNC(=O)C1(C[C@@H]2CC(c3ccccc3OC)=NO2)CCOCC1. The van der Waals surface area contributed by atoms with Gasteiger partial charge in [0.15, 0.2) is 0 Å². The average molecular weight is 360 g/mol. The van der Waals surface area contributed by atoms with Crippen LogP contribution < -0.4 is 10.1 Å². The van der Waals surface area contributed by atoms with Crippen LogP contribution in [0.25, 0.3) is 0 Å².